The summed E-state index contributed by atoms with van der Waals surface area (Å²) in [5.41, 5.74) is 2.17. The first-order chi connectivity index (χ1) is 8.29. The number of thiophene rings is 1. The molecule has 90 valence electrons. The van der Waals surface area contributed by atoms with Crippen molar-refractivity contribution in [3.63, 3.8) is 0 Å². The van der Waals surface area contributed by atoms with Crippen molar-refractivity contribution in [1.82, 2.24) is 5.32 Å². The molecule has 0 aliphatic heterocycles. The summed E-state index contributed by atoms with van der Waals surface area (Å²) >= 11 is 1.68. The Kier molecular flexibility index (Phi) is 4.12. The third-order valence-corrected chi connectivity index (χ3v) is 3.19. The van der Waals surface area contributed by atoms with Gasteiger partial charge in [-0.05, 0) is 40.1 Å². The van der Waals surface area contributed by atoms with Crippen LogP contribution >= 0.6 is 11.3 Å². The SMILES string of the molecule is COc1ccc(CNCc2ccsc2)cc1F. The van der Waals surface area contributed by atoms with Crippen LogP contribution in [0.3, 0.4) is 0 Å². The van der Waals surface area contributed by atoms with E-state index in [1.165, 1.54) is 18.7 Å². The molecule has 1 N–H and O–H groups in total. The highest BCUT2D eigenvalue weighted by Gasteiger charge is 2.03. The maximum Gasteiger partial charge on any atom is 0.165 e. The molecule has 1 heterocycles. The summed E-state index contributed by atoms with van der Waals surface area (Å²) < 4.78 is 18.3. The molecule has 0 bridgehead atoms. The lowest BCUT2D eigenvalue weighted by atomic mass is 10.2. The standard InChI is InChI=1S/C13H14FNOS/c1-16-13-3-2-10(6-12(13)14)7-15-8-11-4-5-17-9-11/h2-6,9,15H,7-8H2,1H3. The van der Waals surface area contributed by atoms with Crippen LogP contribution in [0.2, 0.25) is 0 Å². The van der Waals surface area contributed by atoms with Crippen LogP contribution in [0.4, 0.5) is 4.39 Å². The predicted molar refractivity (Wildman–Crippen MR) is 67.8 cm³/mol. The minimum atomic E-state index is -0.317. The monoisotopic (exact) mass is 251 g/mol. The molecular formula is C13H14FNOS. The minimum absolute atomic E-state index is 0.284. The first-order valence-electron chi connectivity index (χ1n) is 5.34. The number of methoxy groups -OCH3 is 1. The molecule has 0 saturated carbocycles. The van der Waals surface area contributed by atoms with Crippen molar-refractivity contribution in [2.24, 2.45) is 0 Å². The van der Waals surface area contributed by atoms with Gasteiger partial charge < -0.3 is 10.1 Å². The molecule has 0 fully saturated rings. The van der Waals surface area contributed by atoms with Gasteiger partial charge in [-0.2, -0.15) is 11.3 Å². The fourth-order valence-corrected chi connectivity index (χ4v) is 2.23. The van der Waals surface area contributed by atoms with Crippen LogP contribution in [-0.4, -0.2) is 7.11 Å². The molecule has 0 aliphatic rings. The lowest BCUT2D eigenvalue weighted by Crippen LogP contribution is -2.12. The Morgan fingerprint density at radius 1 is 1.24 bits per heavy atom. The molecule has 0 atom stereocenters. The zero-order valence-corrected chi connectivity index (χ0v) is 10.4. The first kappa shape index (κ1) is 12.1. The second-order valence-corrected chi connectivity index (χ2v) is 4.48. The lowest BCUT2D eigenvalue weighted by Gasteiger charge is -2.06. The van der Waals surface area contributed by atoms with Crippen LogP contribution in [0.1, 0.15) is 11.1 Å². The maximum atomic E-state index is 13.4. The summed E-state index contributed by atoms with van der Waals surface area (Å²) in [5, 5.41) is 7.41. The molecule has 0 radical (unpaired) electrons. The molecule has 17 heavy (non-hydrogen) atoms. The van der Waals surface area contributed by atoms with E-state index in [9.17, 15) is 4.39 Å². The third-order valence-electron chi connectivity index (χ3n) is 2.45. The van der Waals surface area contributed by atoms with E-state index in [2.05, 4.69) is 16.8 Å². The quantitative estimate of drug-likeness (QED) is 0.881. The van der Waals surface area contributed by atoms with E-state index in [1.54, 1.807) is 17.4 Å². The topological polar surface area (TPSA) is 21.3 Å². The Balaban J connectivity index is 1.89. The Hall–Kier alpha value is -1.39. The highest BCUT2D eigenvalue weighted by atomic mass is 32.1. The fourth-order valence-electron chi connectivity index (χ4n) is 1.56. The van der Waals surface area contributed by atoms with Gasteiger partial charge in [0.15, 0.2) is 11.6 Å². The van der Waals surface area contributed by atoms with Gasteiger partial charge in [-0.15, -0.1) is 0 Å². The van der Waals surface area contributed by atoms with Crippen molar-refractivity contribution in [1.29, 1.82) is 0 Å². The van der Waals surface area contributed by atoms with Crippen LogP contribution in [0.15, 0.2) is 35.0 Å². The Bertz CT molecular complexity index is 470. The van der Waals surface area contributed by atoms with Crippen LogP contribution in [0.25, 0.3) is 0 Å². The highest BCUT2D eigenvalue weighted by molar-refractivity contribution is 7.07. The molecular weight excluding hydrogens is 237 g/mol. The second kappa shape index (κ2) is 5.80. The minimum Gasteiger partial charge on any atom is -0.494 e. The normalized spacial score (nSPS) is 10.5. The summed E-state index contributed by atoms with van der Waals surface area (Å²) in [6.45, 7) is 1.45. The van der Waals surface area contributed by atoms with Gasteiger partial charge in [0.1, 0.15) is 0 Å². The molecule has 2 nitrogen and oxygen atoms in total. The van der Waals surface area contributed by atoms with Crippen molar-refractivity contribution in [3.8, 4) is 5.75 Å². The summed E-state index contributed by atoms with van der Waals surface area (Å²) in [6.07, 6.45) is 0. The zero-order chi connectivity index (χ0) is 12.1. The summed E-state index contributed by atoms with van der Waals surface area (Å²) in [5.74, 6) is -0.0334. The number of halogens is 1. The molecule has 0 saturated heterocycles. The van der Waals surface area contributed by atoms with E-state index in [0.29, 0.717) is 6.54 Å². The summed E-state index contributed by atoms with van der Waals surface area (Å²) in [7, 11) is 1.47. The fraction of sp³-hybridized carbons (Fsp3) is 0.231. The van der Waals surface area contributed by atoms with Gasteiger partial charge in [0.2, 0.25) is 0 Å². The third kappa shape index (κ3) is 3.28. The van der Waals surface area contributed by atoms with Crippen molar-refractivity contribution >= 4 is 11.3 Å². The number of ether oxygens (including phenoxy) is 1. The summed E-state index contributed by atoms with van der Waals surface area (Å²) in [6, 6.07) is 7.09. The highest BCUT2D eigenvalue weighted by Crippen LogP contribution is 2.17. The van der Waals surface area contributed by atoms with Crippen molar-refractivity contribution in [2.75, 3.05) is 7.11 Å². The van der Waals surface area contributed by atoms with Gasteiger partial charge in [-0.1, -0.05) is 6.07 Å². The largest absolute Gasteiger partial charge is 0.494 e. The van der Waals surface area contributed by atoms with Crippen LogP contribution < -0.4 is 10.1 Å². The molecule has 0 spiro atoms. The van der Waals surface area contributed by atoms with Gasteiger partial charge >= 0.3 is 0 Å². The average molecular weight is 251 g/mol. The Morgan fingerprint density at radius 3 is 2.71 bits per heavy atom. The van der Waals surface area contributed by atoms with E-state index in [-0.39, 0.29) is 11.6 Å². The van der Waals surface area contributed by atoms with Crippen molar-refractivity contribution in [3.05, 3.63) is 52.0 Å². The maximum absolute atomic E-state index is 13.4. The van der Waals surface area contributed by atoms with Crippen LogP contribution in [0, 0.1) is 5.82 Å². The van der Waals surface area contributed by atoms with E-state index >= 15 is 0 Å². The number of hydrogen-bond acceptors (Lipinski definition) is 3. The van der Waals surface area contributed by atoms with E-state index in [0.717, 1.165) is 12.1 Å². The molecule has 1 aromatic carbocycles. The second-order valence-electron chi connectivity index (χ2n) is 3.70. The first-order valence-corrected chi connectivity index (χ1v) is 6.28. The van der Waals surface area contributed by atoms with Gasteiger partial charge in [0.25, 0.3) is 0 Å². The molecule has 2 aromatic rings. The number of rotatable bonds is 5. The zero-order valence-electron chi connectivity index (χ0n) is 9.57. The number of benzene rings is 1. The van der Waals surface area contributed by atoms with Gasteiger partial charge in [0, 0.05) is 13.1 Å². The van der Waals surface area contributed by atoms with Crippen molar-refractivity contribution < 1.29 is 9.13 Å². The summed E-state index contributed by atoms with van der Waals surface area (Å²) in [4.78, 5) is 0. The molecule has 2 rings (SSSR count). The Labute approximate surface area is 104 Å². The van der Waals surface area contributed by atoms with Gasteiger partial charge in [0.05, 0.1) is 7.11 Å². The predicted octanol–water partition coefficient (Wildman–Crippen LogP) is 3.19. The molecule has 1 aromatic heterocycles. The Morgan fingerprint density at radius 2 is 2.06 bits per heavy atom. The van der Waals surface area contributed by atoms with Crippen LogP contribution in [0.5, 0.6) is 5.75 Å². The lowest BCUT2D eigenvalue weighted by molar-refractivity contribution is 0.386. The number of hydrogen-bond donors (Lipinski definition) is 1. The van der Waals surface area contributed by atoms with Gasteiger partial charge in [-0.3, -0.25) is 0 Å². The molecule has 0 aliphatic carbocycles. The molecule has 4 heteroatoms. The molecule has 0 amide bonds. The van der Waals surface area contributed by atoms with E-state index in [1.807, 2.05) is 11.4 Å². The van der Waals surface area contributed by atoms with Crippen molar-refractivity contribution in [2.45, 2.75) is 13.1 Å². The van der Waals surface area contributed by atoms with E-state index < -0.39 is 0 Å². The number of nitrogens with one attached hydrogen (secondary N) is 1. The smallest absolute Gasteiger partial charge is 0.165 e. The molecule has 0 unspecified atom stereocenters. The average Bonchev–Trinajstić information content (AvgIpc) is 2.82. The van der Waals surface area contributed by atoms with E-state index in [4.69, 9.17) is 4.74 Å². The van der Waals surface area contributed by atoms with Crippen LogP contribution in [-0.2, 0) is 13.1 Å². The van der Waals surface area contributed by atoms with Gasteiger partial charge in [-0.25, -0.2) is 4.39 Å².